The van der Waals surface area contributed by atoms with Crippen molar-refractivity contribution in [2.45, 2.75) is 27.3 Å². The maximum atomic E-state index is 13.1. The molecule has 9 heteroatoms. The smallest absolute Gasteiger partial charge is 0.326 e. The van der Waals surface area contributed by atoms with Crippen LogP contribution in [-0.2, 0) is 20.9 Å². The maximum absolute atomic E-state index is 13.1. The Balaban J connectivity index is 1.66. The Labute approximate surface area is 170 Å². The quantitative estimate of drug-likeness (QED) is 0.576. The number of aryl methyl sites for hydroxylation is 2. The van der Waals surface area contributed by atoms with Crippen molar-refractivity contribution in [2.75, 3.05) is 18.1 Å². The number of esters is 1. The zero-order valence-electron chi connectivity index (χ0n) is 16.3. The first-order valence-corrected chi connectivity index (χ1v) is 9.80. The molecule has 0 spiro atoms. The maximum Gasteiger partial charge on any atom is 0.326 e. The summed E-state index contributed by atoms with van der Waals surface area (Å²) in [7, 11) is 0. The van der Waals surface area contributed by atoms with Gasteiger partial charge in [-0.15, -0.1) is 11.3 Å². The number of halogens is 1. The molecule has 3 rings (SSSR count). The molecule has 0 N–H and O–H groups in total. The number of ether oxygens (including phenoxy) is 1. The van der Waals surface area contributed by atoms with Crippen LogP contribution >= 0.6 is 11.3 Å². The molecule has 0 unspecified atom stereocenters. The second kappa shape index (κ2) is 8.52. The van der Waals surface area contributed by atoms with E-state index < -0.39 is 24.3 Å². The second-order valence-corrected chi connectivity index (χ2v) is 7.62. The van der Waals surface area contributed by atoms with Crippen LogP contribution < -0.4 is 10.5 Å². The highest BCUT2D eigenvalue weighted by Gasteiger charge is 2.18. The molecule has 0 fully saturated rings. The minimum absolute atomic E-state index is 0.318. The van der Waals surface area contributed by atoms with Crippen LogP contribution in [0.25, 0.3) is 10.2 Å². The van der Waals surface area contributed by atoms with Gasteiger partial charge in [0.25, 0.3) is 11.5 Å². The van der Waals surface area contributed by atoms with E-state index in [0.717, 1.165) is 10.4 Å². The number of carbonyl (C=O) groups excluding carboxylic acids is 2. The number of fused-ring (bicyclic) bond motifs is 1. The van der Waals surface area contributed by atoms with Gasteiger partial charge >= 0.3 is 5.97 Å². The van der Waals surface area contributed by atoms with Crippen LogP contribution in [0, 0.1) is 19.7 Å². The number of benzene rings is 1. The molecule has 0 aliphatic carbocycles. The van der Waals surface area contributed by atoms with Gasteiger partial charge in [0.15, 0.2) is 6.61 Å². The first-order chi connectivity index (χ1) is 13.8. The molecule has 0 aliphatic rings. The number of amides is 1. The number of anilines is 1. The lowest BCUT2D eigenvalue weighted by Crippen LogP contribution is -2.35. The van der Waals surface area contributed by atoms with Crippen molar-refractivity contribution in [2.24, 2.45) is 0 Å². The Kier molecular flexibility index (Phi) is 6.07. The van der Waals surface area contributed by atoms with Crippen LogP contribution in [0.4, 0.5) is 10.1 Å². The summed E-state index contributed by atoms with van der Waals surface area (Å²) in [4.78, 5) is 44.4. The first-order valence-electron chi connectivity index (χ1n) is 8.98. The Morgan fingerprint density at radius 2 is 1.93 bits per heavy atom. The molecule has 0 radical (unpaired) electrons. The van der Waals surface area contributed by atoms with E-state index in [-0.39, 0.29) is 12.1 Å². The average molecular weight is 417 g/mol. The molecule has 0 saturated carbocycles. The fraction of sp³-hybridized carbons (Fsp3) is 0.300. The molecular weight excluding hydrogens is 397 g/mol. The van der Waals surface area contributed by atoms with Crippen LogP contribution in [-0.4, -0.2) is 34.6 Å². The van der Waals surface area contributed by atoms with Crippen LogP contribution in [0.3, 0.4) is 0 Å². The van der Waals surface area contributed by atoms with E-state index >= 15 is 0 Å². The summed E-state index contributed by atoms with van der Waals surface area (Å²) in [5.74, 6) is -1.57. The highest BCUT2D eigenvalue weighted by atomic mass is 32.1. The zero-order valence-corrected chi connectivity index (χ0v) is 17.1. The summed E-state index contributed by atoms with van der Waals surface area (Å²) in [6.45, 7) is 5.02. The fourth-order valence-corrected chi connectivity index (χ4v) is 3.90. The van der Waals surface area contributed by atoms with E-state index in [2.05, 4.69) is 4.98 Å². The molecule has 2 heterocycles. The van der Waals surface area contributed by atoms with E-state index in [9.17, 15) is 18.8 Å². The molecular formula is C20H20FN3O4S. The number of rotatable bonds is 6. The second-order valence-electron chi connectivity index (χ2n) is 6.42. The van der Waals surface area contributed by atoms with Crippen LogP contribution in [0.2, 0.25) is 0 Å². The molecule has 0 bridgehead atoms. The van der Waals surface area contributed by atoms with Crippen LogP contribution in [0.15, 0.2) is 35.4 Å². The van der Waals surface area contributed by atoms with Crippen molar-refractivity contribution in [3.63, 3.8) is 0 Å². The van der Waals surface area contributed by atoms with E-state index in [0.29, 0.717) is 22.4 Å². The Morgan fingerprint density at radius 1 is 1.24 bits per heavy atom. The summed E-state index contributed by atoms with van der Waals surface area (Å²) in [5.41, 5.74) is 1.03. The highest BCUT2D eigenvalue weighted by molar-refractivity contribution is 7.18. The van der Waals surface area contributed by atoms with Gasteiger partial charge in [-0.1, -0.05) is 0 Å². The van der Waals surface area contributed by atoms with Gasteiger partial charge in [0, 0.05) is 17.1 Å². The molecule has 0 aliphatic heterocycles. The van der Waals surface area contributed by atoms with Gasteiger partial charge in [-0.2, -0.15) is 0 Å². The van der Waals surface area contributed by atoms with Gasteiger partial charge in [-0.05, 0) is 50.6 Å². The topological polar surface area (TPSA) is 81.5 Å². The molecule has 0 saturated heterocycles. The SMILES string of the molecule is CCN(C(=O)COC(=O)Cn1cnc2sc(C)c(C)c2c1=O)c1ccc(F)cc1. The van der Waals surface area contributed by atoms with Crippen molar-refractivity contribution in [3.05, 3.63) is 57.2 Å². The van der Waals surface area contributed by atoms with Gasteiger partial charge in [0.2, 0.25) is 0 Å². The Hall–Kier alpha value is -3.07. The lowest BCUT2D eigenvalue weighted by Gasteiger charge is -2.20. The van der Waals surface area contributed by atoms with Gasteiger partial charge < -0.3 is 9.64 Å². The lowest BCUT2D eigenvalue weighted by atomic mass is 10.2. The molecule has 3 aromatic rings. The van der Waals surface area contributed by atoms with E-state index in [4.69, 9.17) is 4.74 Å². The van der Waals surface area contributed by atoms with Gasteiger partial charge in [0.05, 0.1) is 11.7 Å². The molecule has 1 amide bonds. The highest BCUT2D eigenvalue weighted by Crippen LogP contribution is 2.25. The first kappa shape index (κ1) is 20.7. The minimum Gasteiger partial charge on any atom is -0.454 e. The normalized spacial score (nSPS) is 10.9. The lowest BCUT2D eigenvalue weighted by molar-refractivity contribution is -0.148. The third-order valence-electron chi connectivity index (χ3n) is 4.57. The van der Waals surface area contributed by atoms with Gasteiger partial charge in [-0.3, -0.25) is 19.0 Å². The van der Waals surface area contributed by atoms with Crippen LogP contribution in [0.1, 0.15) is 17.4 Å². The van der Waals surface area contributed by atoms with E-state index in [1.54, 1.807) is 6.92 Å². The number of nitrogens with zero attached hydrogens (tertiary/aromatic N) is 3. The number of thiophene rings is 1. The predicted octanol–water partition coefficient (Wildman–Crippen LogP) is 2.81. The summed E-state index contributed by atoms with van der Waals surface area (Å²) in [6.07, 6.45) is 1.31. The average Bonchev–Trinajstić information content (AvgIpc) is 2.99. The van der Waals surface area contributed by atoms with Crippen molar-refractivity contribution in [1.29, 1.82) is 0 Å². The van der Waals surface area contributed by atoms with E-state index in [1.807, 2.05) is 13.8 Å². The molecule has 29 heavy (non-hydrogen) atoms. The molecule has 0 atom stereocenters. The third-order valence-corrected chi connectivity index (χ3v) is 5.68. The summed E-state index contributed by atoms with van der Waals surface area (Å²) in [5, 5.41) is 0.493. The summed E-state index contributed by atoms with van der Waals surface area (Å²) < 4.78 is 19.3. The zero-order chi connectivity index (χ0) is 21.1. The Morgan fingerprint density at radius 3 is 2.59 bits per heavy atom. The summed E-state index contributed by atoms with van der Waals surface area (Å²) in [6, 6.07) is 5.45. The predicted molar refractivity (Wildman–Crippen MR) is 109 cm³/mol. The number of aromatic nitrogens is 2. The number of hydrogen-bond donors (Lipinski definition) is 0. The standard InChI is InChI=1S/C20H20FN3O4S/c1-4-24(15-7-5-14(21)6-8-15)16(25)10-28-17(26)9-23-11-22-19-18(20(23)27)12(2)13(3)29-19/h5-8,11H,4,9-10H2,1-3H3. The van der Waals surface area contributed by atoms with Crippen molar-refractivity contribution < 1.29 is 18.7 Å². The van der Waals surface area contributed by atoms with Gasteiger partial charge in [0.1, 0.15) is 17.2 Å². The number of likely N-dealkylation sites (N-methyl/N-ethyl adjacent to an activating group) is 1. The van der Waals surface area contributed by atoms with Crippen molar-refractivity contribution >= 4 is 39.1 Å². The van der Waals surface area contributed by atoms with E-state index in [1.165, 1.54) is 51.4 Å². The number of carbonyl (C=O) groups is 2. The fourth-order valence-electron chi connectivity index (χ4n) is 2.91. The van der Waals surface area contributed by atoms with Crippen LogP contribution in [0.5, 0.6) is 0 Å². The number of hydrogen-bond acceptors (Lipinski definition) is 6. The molecule has 152 valence electrons. The third kappa shape index (κ3) is 4.34. The molecule has 7 nitrogen and oxygen atoms in total. The van der Waals surface area contributed by atoms with Crippen molar-refractivity contribution in [3.8, 4) is 0 Å². The monoisotopic (exact) mass is 417 g/mol. The van der Waals surface area contributed by atoms with Gasteiger partial charge in [-0.25, -0.2) is 9.37 Å². The molecule has 1 aromatic carbocycles. The Bertz CT molecular complexity index is 1120. The largest absolute Gasteiger partial charge is 0.454 e. The van der Waals surface area contributed by atoms with Crippen molar-refractivity contribution in [1.82, 2.24) is 9.55 Å². The minimum atomic E-state index is -0.721. The summed E-state index contributed by atoms with van der Waals surface area (Å²) >= 11 is 1.42. The molecule has 2 aromatic heterocycles.